The van der Waals surface area contributed by atoms with E-state index in [0.29, 0.717) is 28.3 Å². The van der Waals surface area contributed by atoms with Gasteiger partial charge in [0.05, 0.1) is 6.20 Å². The predicted molar refractivity (Wildman–Crippen MR) is 101 cm³/mol. The maximum Gasteiger partial charge on any atom is 0.291 e. The van der Waals surface area contributed by atoms with Gasteiger partial charge in [-0.2, -0.15) is 0 Å². The van der Waals surface area contributed by atoms with E-state index in [4.69, 9.17) is 8.83 Å². The van der Waals surface area contributed by atoms with Gasteiger partial charge in [-0.1, -0.05) is 24.3 Å². The van der Waals surface area contributed by atoms with Crippen molar-refractivity contribution in [1.29, 1.82) is 0 Å². The first kappa shape index (κ1) is 15.3. The fraction of sp³-hybridized carbons (Fsp3) is 0. The number of carbonyl (C=O) groups is 1. The number of carbonyl (C=O) groups excluding carboxylic acids is 1. The Morgan fingerprint density at radius 1 is 0.926 bits per heavy atom. The number of furan rings is 1. The van der Waals surface area contributed by atoms with Crippen molar-refractivity contribution in [3.05, 3.63) is 78.8 Å². The number of benzene rings is 2. The van der Waals surface area contributed by atoms with Gasteiger partial charge < -0.3 is 14.2 Å². The van der Waals surface area contributed by atoms with Crippen LogP contribution in [0.4, 0.5) is 5.69 Å². The second-order valence-electron chi connectivity index (χ2n) is 6.05. The number of nitrogens with zero attached hydrogens (tertiary/aromatic N) is 2. The fourth-order valence-corrected chi connectivity index (χ4v) is 2.92. The maximum atomic E-state index is 12.5. The lowest BCUT2D eigenvalue weighted by molar-refractivity contribution is 0.0998. The van der Waals surface area contributed by atoms with Crippen LogP contribution in [0.3, 0.4) is 0 Å². The molecule has 0 aliphatic rings. The lowest BCUT2D eigenvalue weighted by Gasteiger charge is -2.04. The average Bonchev–Trinajstić information content (AvgIpc) is 3.32. The normalized spacial score (nSPS) is 11.1. The van der Waals surface area contributed by atoms with E-state index < -0.39 is 0 Å². The summed E-state index contributed by atoms with van der Waals surface area (Å²) in [4.78, 5) is 21.0. The summed E-state index contributed by atoms with van der Waals surface area (Å²) in [7, 11) is 0. The van der Waals surface area contributed by atoms with Crippen molar-refractivity contribution in [2.45, 2.75) is 0 Å². The molecule has 3 aromatic heterocycles. The molecule has 0 atom stereocenters. The summed E-state index contributed by atoms with van der Waals surface area (Å²) in [6, 6.07) is 18.3. The molecule has 0 aliphatic heterocycles. The van der Waals surface area contributed by atoms with Crippen LogP contribution in [0.2, 0.25) is 0 Å². The first-order chi connectivity index (χ1) is 13.3. The lowest BCUT2D eigenvalue weighted by Crippen LogP contribution is -2.10. The van der Waals surface area contributed by atoms with Crippen LogP contribution >= 0.6 is 0 Å². The molecule has 1 amide bonds. The van der Waals surface area contributed by atoms with Crippen molar-refractivity contribution in [3.8, 4) is 11.5 Å². The van der Waals surface area contributed by atoms with Crippen LogP contribution in [0.5, 0.6) is 0 Å². The highest BCUT2D eigenvalue weighted by molar-refractivity contribution is 6.04. The largest absolute Gasteiger partial charge is 0.451 e. The highest BCUT2D eigenvalue weighted by atomic mass is 16.4. The third-order valence-corrected chi connectivity index (χ3v) is 4.21. The first-order valence-electron chi connectivity index (χ1n) is 8.37. The fourth-order valence-electron chi connectivity index (χ4n) is 2.92. The van der Waals surface area contributed by atoms with Gasteiger partial charge in [0.2, 0.25) is 5.89 Å². The molecule has 5 rings (SSSR count). The van der Waals surface area contributed by atoms with Gasteiger partial charge in [-0.3, -0.25) is 9.78 Å². The number of nitrogens with one attached hydrogen (secondary N) is 1. The molecule has 6 nitrogen and oxygen atoms in total. The van der Waals surface area contributed by atoms with Crippen LogP contribution < -0.4 is 5.32 Å². The second kappa shape index (κ2) is 6.10. The van der Waals surface area contributed by atoms with Gasteiger partial charge >= 0.3 is 0 Å². The summed E-state index contributed by atoms with van der Waals surface area (Å²) in [5.74, 6) is 0.414. The average molecular weight is 355 g/mol. The molecule has 5 aromatic rings. The van der Waals surface area contributed by atoms with Gasteiger partial charge in [0.25, 0.3) is 5.91 Å². The van der Waals surface area contributed by atoms with E-state index in [1.807, 2.05) is 36.4 Å². The number of rotatable bonds is 3. The van der Waals surface area contributed by atoms with E-state index in [1.165, 1.54) is 0 Å². The van der Waals surface area contributed by atoms with Gasteiger partial charge in [-0.25, -0.2) is 4.98 Å². The van der Waals surface area contributed by atoms with Crippen molar-refractivity contribution in [1.82, 2.24) is 9.97 Å². The Bertz CT molecular complexity index is 1220. The quantitative estimate of drug-likeness (QED) is 0.498. The molecule has 6 heteroatoms. The minimum absolute atomic E-state index is 0.259. The van der Waals surface area contributed by atoms with Crippen molar-refractivity contribution < 1.29 is 13.6 Å². The smallest absolute Gasteiger partial charge is 0.291 e. The number of pyridine rings is 1. The molecule has 0 unspecified atom stereocenters. The van der Waals surface area contributed by atoms with E-state index in [2.05, 4.69) is 15.3 Å². The molecule has 130 valence electrons. The van der Waals surface area contributed by atoms with Gasteiger partial charge in [-0.15, -0.1) is 0 Å². The van der Waals surface area contributed by atoms with Crippen molar-refractivity contribution >= 4 is 33.7 Å². The number of para-hydroxylation sites is 1. The second-order valence-corrected chi connectivity index (χ2v) is 6.05. The number of aromatic nitrogens is 2. The predicted octanol–water partition coefficient (Wildman–Crippen LogP) is 4.89. The minimum Gasteiger partial charge on any atom is -0.451 e. The Balaban J connectivity index is 1.43. The van der Waals surface area contributed by atoms with Crippen LogP contribution in [0, 0.1) is 0 Å². The summed E-state index contributed by atoms with van der Waals surface area (Å²) in [5, 5.41) is 3.73. The molecule has 2 aromatic carbocycles. The summed E-state index contributed by atoms with van der Waals surface area (Å²) >= 11 is 0. The van der Waals surface area contributed by atoms with E-state index in [9.17, 15) is 4.79 Å². The number of anilines is 1. The number of fused-ring (bicyclic) bond motifs is 2. The number of oxazole rings is 1. The molecule has 3 heterocycles. The Labute approximate surface area is 153 Å². The van der Waals surface area contributed by atoms with Gasteiger partial charge in [-0.05, 0) is 30.3 Å². The molecular weight excluding hydrogens is 342 g/mol. The summed E-state index contributed by atoms with van der Waals surface area (Å²) in [6.07, 6.45) is 3.30. The molecule has 0 saturated heterocycles. The van der Waals surface area contributed by atoms with Gasteiger partial charge in [0, 0.05) is 28.9 Å². The molecule has 0 fully saturated rings. The third-order valence-electron chi connectivity index (χ3n) is 4.21. The zero-order valence-electron chi connectivity index (χ0n) is 14.0. The van der Waals surface area contributed by atoms with Crippen LogP contribution in [0.15, 0.2) is 81.9 Å². The van der Waals surface area contributed by atoms with Crippen molar-refractivity contribution in [3.63, 3.8) is 0 Å². The monoisotopic (exact) mass is 355 g/mol. The molecule has 0 saturated carbocycles. The standard InChI is InChI=1S/C21H13N3O3/c25-20(19-11-13-4-1-2-7-17(13)26-19)23-15-6-3-5-14(10-15)21-24-16-12-22-9-8-18(16)27-21/h1-12H,(H,23,25). The van der Waals surface area contributed by atoms with E-state index >= 15 is 0 Å². The van der Waals surface area contributed by atoms with Gasteiger partial charge in [0.1, 0.15) is 11.1 Å². The number of hydrogen-bond acceptors (Lipinski definition) is 5. The summed E-state index contributed by atoms with van der Waals surface area (Å²) in [5.41, 5.74) is 3.41. The highest BCUT2D eigenvalue weighted by Gasteiger charge is 2.14. The molecule has 0 aliphatic carbocycles. The SMILES string of the molecule is O=C(Nc1cccc(-c2nc3cnccc3o2)c1)c1cc2ccccc2o1. The van der Waals surface area contributed by atoms with E-state index in [0.717, 1.165) is 10.9 Å². The molecule has 0 bridgehead atoms. The third kappa shape index (κ3) is 2.83. The number of amides is 1. The minimum atomic E-state index is -0.315. The zero-order valence-corrected chi connectivity index (χ0v) is 14.0. The van der Waals surface area contributed by atoms with Crippen molar-refractivity contribution in [2.24, 2.45) is 0 Å². The van der Waals surface area contributed by atoms with E-state index in [1.54, 1.807) is 36.7 Å². The molecule has 0 radical (unpaired) electrons. The highest BCUT2D eigenvalue weighted by Crippen LogP contribution is 2.26. The van der Waals surface area contributed by atoms with Crippen LogP contribution in [0.1, 0.15) is 10.6 Å². The zero-order chi connectivity index (χ0) is 18.2. The Morgan fingerprint density at radius 2 is 1.85 bits per heavy atom. The molecule has 27 heavy (non-hydrogen) atoms. The molecular formula is C21H13N3O3. The topological polar surface area (TPSA) is 81.2 Å². The molecule has 1 N–H and O–H groups in total. The Kier molecular flexibility index (Phi) is 3.47. The van der Waals surface area contributed by atoms with Crippen molar-refractivity contribution in [2.75, 3.05) is 5.32 Å². The maximum absolute atomic E-state index is 12.5. The Morgan fingerprint density at radius 3 is 2.74 bits per heavy atom. The van der Waals surface area contributed by atoms with Crippen LogP contribution in [0.25, 0.3) is 33.5 Å². The van der Waals surface area contributed by atoms with Crippen LogP contribution in [-0.2, 0) is 0 Å². The lowest BCUT2D eigenvalue weighted by atomic mass is 10.2. The van der Waals surface area contributed by atoms with Gasteiger partial charge in [0.15, 0.2) is 11.3 Å². The first-order valence-corrected chi connectivity index (χ1v) is 8.37. The van der Waals surface area contributed by atoms with E-state index in [-0.39, 0.29) is 11.7 Å². The van der Waals surface area contributed by atoms with Crippen LogP contribution in [-0.4, -0.2) is 15.9 Å². The molecule has 0 spiro atoms. The summed E-state index contributed by atoms with van der Waals surface area (Å²) in [6.45, 7) is 0. The number of hydrogen-bond donors (Lipinski definition) is 1. The Hall–Kier alpha value is -3.93. The summed E-state index contributed by atoms with van der Waals surface area (Å²) < 4.78 is 11.4.